The maximum absolute atomic E-state index is 13.5. The predicted molar refractivity (Wildman–Crippen MR) is 159 cm³/mol. The van der Waals surface area contributed by atoms with Gasteiger partial charge in [0, 0.05) is 28.3 Å². The number of anilines is 5. The Labute approximate surface area is 228 Å². The number of benzene rings is 5. The summed E-state index contributed by atoms with van der Waals surface area (Å²) in [7, 11) is 0. The minimum atomic E-state index is -0.241. The van der Waals surface area contributed by atoms with Gasteiger partial charge >= 0.3 is 0 Å². The fraction of sp³-hybridized carbons (Fsp3) is 0.0588. The average molecular weight is 512 g/mol. The normalized spacial score (nSPS) is 10.5. The number of carbonyl (C=O) groups is 2. The molecule has 0 heterocycles. The Bertz CT molecular complexity index is 1540. The van der Waals surface area contributed by atoms with Crippen LogP contribution in [0.4, 0.5) is 28.4 Å². The first-order valence-electron chi connectivity index (χ1n) is 12.8. The van der Waals surface area contributed by atoms with Crippen molar-refractivity contribution in [1.29, 1.82) is 0 Å². The van der Waals surface area contributed by atoms with E-state index in [4.69, 9.17) is 0 Å². The van der Waals surface area contributed by atoms with Crippen LogP contribution in [0, 0.1) is 13.8 Å². The highest BCUT2D eigenvalue weighted by Crippen LogP contribution is 2.36. The van der Waals surface area contributed by atoms with Crippen molar-refractivity contribution >= 4 is 40.3 Å². The van der Waals surface area contributed by atoms with Crippen LogP contribution in [-0.4, -0.2) is 11.8 Å². The van der Waals surface area contributed by atoms with Crippen molar-refractivity contribution in [2.75, 3.05) is 15.5 Å². The van der Waals surface area contributed by atoms with Gasteiger partial charge in [-0.25, -0.2) is 0 Å². The van der Waals surface area contributed by atoms with E-state index in [-0.39, 0.29) is 11.8 Å². The van der Waals surface area contributed by atoms with Gasteiger partial charge in [0.05, 0.1) is 11.3 Å². The number of carbonyl (C=O) groups excluding carboxylic acids is 2. The van der Waals surface area contributed by atoms with E-state index in [2.05, 4.69) is 21.6 Å². The van der Waals surface area contributed by atoms with Crippen LogP contribution in [0.15, 0.2) is 127 Å². The van der Waals surface area contributed by atoms with Crippen molar-refractivity contribution in [2.24, 2.45) is 0 Å². The van der Waals surface area contributed by atoms with E-state index in [9.17, 15) is 9.59 Å². The summed E-state index contributed by atoms with van der Waals surface area (Å²) in [6, 6.07) is 40.3. The van der Waals surface area contributed by atoms with Gasteiger partial charge in [0.15, 0.2) is 0 Å². The quantitative estimate of drug-likeness (QED) is 0.231. The lowest BCUT2D eigenvalue weighted by atomic mass is 10.1. The summed E-state index contributed by atoms with van der Waals surface area (Å²) in [5, 5.41) is 5.94. The Morgan fingerprint density at radius 3 is 1.64 bits per heavy atom. The van der Waals surface area contributed by atoms with Crippen molar-refractivity contribution in [2.45, 2.75) is 13.8 Å². The molecule has 0 aliphatic carbocycles. The van der Waals surface area contributed by atoms with E-state index in [0.717, 1.165) is 33.9 Å². The van der Waals surface area contributed by atoms with E-state index in [1.165, 1.54) is 0 Å². The number of nitrogens with one attached hydrogen (secondary N) is 2. The number of aryl methyl sites for hydroxylation is 2. The van der Waals surface area contributed by atoms with E-state index in [1.54, 1.807) is 24.3 Å². The Hall–Kier alpha value is -5.16. The average Bonchev–Trinajstić information content (AvgIpc) is 2.94. The van der Waals surface area contributed by atoms with Crippen LogP contribution >= 0.6 is 0 Å². The zero-order chi connectivity index (χ0) is 27.2. The molecule has 0 fully saturated rings. The summed E-state index contributed by atoms with van der Waals surface area (Å²) in [5.74, 6) is -0.445. The Morgan fingerprint density at radius 2 is 1.05 bits per heavy atom. The van der Waals surface area contributed by atoms with Gasteiger partial charge in [-0.2, -0.15) is 0 Å². The molecular formula is C34H29N3O2. The van der Waals surface area contributed by atoms with Gasteiger partial charge in [-0.1, -0.05) is 54.6 Å². The van der Waals surface area contributed by atoms with Crippen molar-refractivity contribution in [3.8, 4) is 0 Å². The molecule has 0 saturated carbocycles. The van der Waals surface area contributed by atoms with E-state index >= 15 is 0 Å². The topological polar surface area (TPSA) is 61.4 Å². The summed E-state index contributed by atoms with van der Waals surface area (Å²) in [4.78, 5) is 28.4. The molecule has 192 valence electrons. The molecular weight excluding hydrogens is 482 g/mol. The molecule has 2 N–H and O–H groups in total. The molecule has 0 aromatic heterocycles. The molecule has 0 atom stereocenters. The second-order valence-electron chi connectivity index (χ2n) is 9.39. The Balaban J connectivity index is 1.37. The van der Waals surface area contributed by atoms with Crippen LogP contribution in [0.25, 0.3) is 0 Å². The van der Waals surface area contributed by atoms with Crippen LogP contribution in [-0.2, 0) is 0 Å². The second-order valence-corrected chi connectivity index (χ2v) is 9.39. The predicted octanol–water partition coefficient (Wildman–Crippen LogP) is 8.28. The summed E-state index contributed by atoms with van der Waals surface area (Å²) in [5.41, 5.74) is 7.22. The maximum Gasteiger partial charge on any atom is 0.257 e. The highest BCUT2D eigenvalue weighted by molar-refractivity contribution is 6.10. The maximum atomic E-state index is 13.5. The Morgan fingerprint density at radius 1 is 0.538 bits per heavy atom. The monoisotopic (exact) mass is 511 g/mol. The highest BCUT2D eigenvalue weighted by atomic mass is 16.2. The number of nitrogens with zero attached hydrogens (tertiary/aromatic N) is 1. The van der Waals surface area contributed by atoms with Gasteiger partial charge in [-0.3, -0.25) is 9.59 Å². The minimum absolute atomic E-state index is 0.204. The molecule has 2 amide bonds. The third-order valence-corrected chi connectivity index (χ3v) is 6.30. The van der Waals surface area contributed by atoms with Gasteiger partial charge in [0.1, 0.15) is 0 Å². The number of amides is 2. The minimum Gasteiger partial charge on any atom is -0.322 e. The van der Waals surface area contributed by atoms with E-state index < -0.39 is 0 Å². The summed E-state index contributed by atoms with van der Waals surface area (Å²) >= 11 is 0. The van der Waals surface area contributed by atoms with Crippen molar-refractivity contribution < 1.29 is 9.59 Å². The summed E-state index contributed by atoms with van der Waals surface area (Å²) in [6.45, 7) is 3.99. The third-order valence-electron chi connectivity index (χ3n) is 6.30. The molecule has 0 spiro atoms. The van der Waals surface area contributed by atoms with Crippen molar-refractivity contribution in [3.05, 3.63) is 150 Å². The Kier molecular flexibility index (Phi) is 7.51. The number of para-hydroxylation sites is 3. The summed E-state index contributed by atoms with van der Waals surface area (Å²) < 4.78 is 0. The fourth-order valence-electron chi connectivity index (χ4n) is 4.60. The lowest BCUT2D eigenvalue weighted by Gasteiger charge is -2.27. The molecule has 0 bridgehead atoms. The zero-order valence-electron chi connectivity index (χ0n) is 21.9. The van der Waals surface area contributed by atoms with Crippen molar-refractivity contribution in [1.82, 2.24) is 0 Å². The molecule has 0 unspecified atom stereocenters. The molecule has 39 heavy (non-hydrogen) atoms. The highest BCUT2D eigenvalue weighted by Gasteiger charge is 2.19. The molecule has 5 heteroatoms. The van der Waals surface area contributed by atoms with Crippen LogP contribution in [0.2, 0.25) is 0 Å². The summed E-state index contributed by atoms with van der Waals surface area (Å²) in [6.07, 6.45) is 0. The molecule has 5 aromatic carbocycles. The van der Waals surface area contributed by atoms with Crippen LogP contribution in [0.5, 0.6) is 0 Å². The first kappa shape index (κ1) is 25.5. The molecule has 0 radical (unpaired) electrons. The zero-order valence-corrected chi connectivity index (χ0v) is 21.9. The molecule has 0 saturated heterocycles. The molecule has 5 nitrogen and oxygen atoms in total. The van der Waals surface area contributed by atoms with E-state index in [1.807, 2.05) is 111 Å². The second kappa shape index (κ2) is 11.5. The third kappa shape index (κ3) is 6.05. The fourth-order valence-corrected chi connectivity index (χ4v) is 4.60. The van der Waals surface area contributed by atoms with Gasteiger partial charge in [0.25, 0.3) is 11.8 Å². The number of rotatable bonds is 7. The molecule has 0 aliphatic rings. The first-order chi connectivity index (χ1) is 19.0. The van der Waals surface area contributed by atoms with Gasteiger partial charge in [-0.15, -0.1) is 0 Å². The first-order valence-corrected chi connectivity index (χ1v) is 12.8. The molecule has 5 aromatic rings. The molecule has 0 aliphatic heterocycles. The van der Waals surface area contributed by atoms with Crippen LogP contribution in [0.3, 0.4) is 0 Å². The van der Waals surface area contributed by atoms with Gasteiger partial charge in [-0.05, 0) is 97.8 Å². The van der Waals surface area contributed by atoms with Crippen molar-refractivity contribution in [3.63, 3.8) is 0 Å². The van der Waals surface area contributed by atoms with E-state index in [0.29, 0.717) is 16.8 Å². The SMILES string of the molecule is Cc1cc(C)cc(NC(=O)c2ccc(NC(=O)c3ccccc3N(c3ccccc3)c3ccccc3)cc2)c1. The molecule has 5 rings (SSSR count). The van der Waals surface area contributed by atoms with Crippen LogP contribution in [0.1, 0.15) is 31.8 Å². The van der Waals surface area contributed by atoms with Gasteiger partial charge in [0.2, 0.25) is 0 Å². The largest absolute Gasteiger partial charge is 0.322 e. The van der Waals surface area contributed by atoms with Crippen LogP contribution < -0.4 is 15.5 Å². The lowest BCUT2D eigenvalue weighted by molar-refractivity contribution is 0.102. The smallest absolute Gasteiger partial charge is 0.257 e. The van der Waals surface area contributed by atoms with Gasteiger partial charge < -0.3 is 15.5 Å². The standard InChI is InChI=1S/C34H29N3O2/c1-24-21-25(2)23-28(22-24)36-33(38)26-17-19-27(20-18-26)35-34(39)31-15-9-10-16-32(31)37(29-11-5-3-6-12-29)30-13-7-4-8-14-30/h3-23H,1-2H3,(H,35,39)(H,36,38). The number of hydrogen-bond acceptors (Lipinski definition) is 3. The number of hydrogen-bond donors (Lipinski definition) is 2. The lowest BCUT2D eigenvalue weighted by Crippen LogP contribution is -2.18.